The van der Waals surface area contributed by atoms with Crippen molar-refractivity contribution >= 4 is 11.6 Å². The van der Waals surface area contributed by atoms with Crippen LogP contribution in [0, 0.1) is 5.82 Å². The molecule has 1 aromatic rings. The van der Waals surface area contributed by atoms with E-state index in [0.717, 1.165) is 18.4 Å². The summed E-state index contributed by atoms with van der Waals surface area (Å²) in [5.74, 6) is 0.483. The van der Waals surface area contributed by atoms with Gasteiger partial charge >= 0.3 is 0 Å². The second-order valence-electron chi connectivity index (χ2n) is 2.42. The van der Waals surface area contributed by atoms with Gasteiger partial charge in [0.25, 0.3) is 0 Å². The van der Waals surface area contributed by atoms with Crippen LogP contribution in [0.1, 0.15) is 12.0 Å². The van der Waals surface area contributed by atoms with Crippen molar-refractivity contribution in [1.29, 1.82) is 0 Å². The van der Waals surface area contributed by atoms with Crippen molar-refractivity contribution in [2.45, 2.75) is 12.8 Å². The molecule has 0 aromatic heterocycles. The molecule has 0 spiro atoms. The van der Waals surface area contributed by atoms with E-state index in [1.807, 2.05) is 0 Å². The monoisotopic (exact) mass is 172 g/mol. The highest BCUT2D eigenvalue weighted by Gasteiger charge is 1.92. The molecular weight excluding hydrogens is 163 g/mol. The van der Waals surface area contributed by atoms with Crippen LogP contribution in [0.4, 0.5) is 4.39 Å². The molecule has 60 valence electrons. The maximum Gasteiger partial charge on any atom is 0.123 e. The standard InChI is InChI=1S/C9H10ClF/c10-7-1-2-8-3-5-9(11)6-4-8/h3-6H,1-2,7H2. The summed E-state index contributed by atoms with van der Waals surface area (Å²) in [4.78, 5) is 0. The van der Waals surface area contributed by atoms with E-state index in [1.165, 1.54) is 12.1 Å². The number of hydrogen-bond acceptors (Lipinski definition) is 0. The molecule has 0 aliphatic rings. The summed E-state index contributed by atoms with van der Waals surface area (Å²) in [6.45, 7) is 0. The van der Waals surface area contributed by atoms with Crippen molar-refractivity contribution < 1.29 is 4.39 Å². The summed E-state index contributed by atoms with van der Waals surface area (Å²) in [5.41, 5.74) is 1.15. The third-order valence-corrected chi connectivity index (χ3v) is 1.78. The molecule has 0 unspecified atom stereocenters. The van der Waals surface area contributed by atoms with Crippen LogP contribution in [0.15, 0.2) is 24.3 Å². The Morgan fingerprint density at radius 2 is 1.82 bits per heavy atom. The number of rotatable bonds is 3. The summed E-state index contributed by atoms with van der Waals surface area (Å²) in [6, 6.07) is 6.54. The topological polar surface area (TPSA) is 0 Å². The number of aryl methyl sites for hydroxylation is 1. The van der Waals surface area contributed by atoms with Gasteiger partial charge in [0, 0.05) is 5.88 Å². The van der Waals surface area contributed by atoms with Crippen LogP contribution in [0.5, 0.6) is 0 Å². The Labute approximate surface area is 71.0 Å². The van der Waals surface area contributed by atoms with Gasteiger partial charge in [0.15, 0.2) is 0 Å². The van der Waals surface area contributed by atoms with Crippen molar-refractivity contribution in [3.8, 4) is 0 Å². The largest absolute Gasteiger partial charge is 0.207 e. The summed E-state index contributed by atoms with van der Waals surface area (Å²) in [5, 5.41) is 0. The van der Waals surface area contributed by atoms with E-state index in [1.54, 1.807) is 12.1 Å². The molecule has 0 aliphatic heterocycles. The van der Waals surface area contributed by atoms with Crippen LogP contribution in [0.3, 0.4) is 0 Å². The van der Waals surface area contributed by atoms with Crippen molar-refractivity contribution in [3.63, 3.8) is 0 Å². The van der Waals surface area contributed by atoms with Crippen LogP contribution < -0.4 is 0 Å². The average molecular weight is 173 g/mol. The van der Waals surface area contributed by atoms with E-state index < -0.39 is 0 Å². The van der Waals surface area contributed by atoms with Gasteiger partial charge in [0.1, 0.15) is 5.82 Å². The molecule has 0 N–H and O–H groups in total. The molecule has 0 atom stereocenters. The SMILES string of the molecule is Fc1ccc(CCCCl)cc1. The van der Waals surface area contributed by atoms with Crippen molar-refractivity contribution in [3.05, 3.63) is 35.6 Å². The number of halogens is 2. The molecule has 0 radical (unpaired) electrons. The van der Waals surface area contributed by atoms with Gasteiger partial charge in [0.2, 0.25) is 0 Å². The van der Waals surface area contributed by atoms with E-state index in [-0.39, 0.29) is 5.82 Å². The van der Waals surface area contributed by atoms with E-state index in [4.69, 9.17) is 11.6 Å². The van der Waals surface area contributed by atoms with Crippen LogP contribution in [-0.2, 0) is 6.42 Å². The molecule has 11 heavy (non-hydrogen) atoms. The predicted octanol–water partition coefficient (Wildman–Crippen LogP) is 3.00. The Morgan fingerprint density at radius 1 is 1.18 bits per heavy atom. The van der Waals surface area contributed by atoms with Gasteiger partial charge in [-0.25, -0.2) is 4.39 Å². The lowest BCUT2D eigenvalue weighted by Gasteiger charge is -1.97. The normalized spacial score (nSPS) is 10.0. The second-order valence-corrected chi connectivity index (χ2v) is 2.80. The minimum atomic E-state index is -0.181. The minimum absolute atomic E-state index is 0.181. The molecule has 0 aliphatic carbocycles. The Kier molecular flexibility index (Phi) is 3.37. The van der Waals surface area contributed by atoms with Crippen molar-refractivity contribution in [2.24, 2.45) is 0 Å². The summed E-state index contributed by atoms with van der Waals surface area (Å²) in [6.07, 6.45) is 1.89. The van der Waals surface area contributed by atoms with E-state index in [9.17, 15) is 4.39 Å². The molecule has 0 fully saturated rings. The fourth-order valence-corrected chi connectivity index (χ4v) is 1.06. The van der Waals surface area contributed by atoms with Crippen molar-refractivity contribution in [2.75, 3.05) is 5.88 Å². The van der Waals surface area contributed by atoms with Crippen molar-refractivity contribution in [1.82, 2.24) is 0 Å². The van der Waals surface area contributed by atoms with E-state index >= 15 is 0 Å². The lowest BCUT2D eigenvalue weighted by molar-refractivity contribution is 0.627. The third kappa shape index (κ3) is 2.89. The first-order chi connectivity index (χ1) is 5.33. The molecular formula is C9H10ClF. The highest BCUT2D eigenvalue weighted by molar-refractivity contribution is 6.17. The van der Waals surface area contributed by atoms with E-state index in [0.29, 0.717) is 5.88 Å². The summed E-state index contributed by atoms with van der Waals surface area (Å²) in [7, 11) is 0. The fraction of sp³-hybridized carbons (Fsp3) is 0.333. The fourth-order valence-electron chi connectivity index (χ4n) is 0.922. The first-order valence-corrected chi connectivity index (χ1v) is 4.17. The maximum absolute atomic E-state index is 12.4. The molecule has 1 aromatic carbocycles. The Morgan fingerprint density at radius 3 is 2.36 bits per heavy atom. The lowest BCUT2D eigenvalue weighted by Crippen LogP contribution is -1.85. The molecule has 1 rings (SSSR count). The second kappa shape index (κ2) is 4.35. The van der Waals surface area contributed by atoms with Crippen LogP contribution in [0.2, 0.25) is 0 Å². The van der Waals surface area contributed by atoms with Gasteiger partial charge in [-0.05, 0) is 30.5 Å². The molecule has 2 heteroatoms. The lowest BCUT2D eigenvalue weighted by atomic mass is 10.1. The van der Waals surface area contributed by atoms with E-state index in [2.05, 4.69) is 0 Å². The Hall–Kier alpha value is -0.560. The Balaban J connectivity index is 2.52. The smallest absolute Gasteiger partial charge is 0.123 e. The van der Waals surface area contributed by atoms with Gasteiger partial charge < -0.3 is 0 Å². The predicted molar refractivity (Wildman–Crippen MR) is 45.4 cm³/mol. The molecule has 0 bridgehead atoms. The summed E-state index contributed by atoms with van der Waals surface area (Å²) >= 11 is 5.51. The summed E-state index contributed by atoms with van der Waals surface area (Å²) < 4.78 is 12.4. The highest BCUT2D eigenvalue weighted by atomic mass is 35.5. The minimum Gasteiger partial charge on any atom is -0.207 e. The van der Waals surface area contributed by atoms with Gasteiger partial charge in [-0.3, -0.25) is 0 Å². The molecule has 0 saturated heterocycles. The molecule has 0 nitrogen and oxygen atoms in total. The number of benzene rings is 1. The third-order valence-electron chi connectivity index (χ3n) is 1.51. The van der Waals surface area contributed by atoms with Crippen LogP contribution in [0.25, 0.3) is 0 Å². The molecule has 0 saturated carbocycles. The Bertz CT molecular complexity index is 205. The highest BCUT2D eigenvalue weighted by Crippen LogP contribution is 2.05. The number of hydrogen-bond donors (Lipinski definition) is 0. The molecule has 0 amide bonds. The van der Waals surface area contributed by atoms with Gasteiger partial charge in [0.05, 0.1) is 0 Å². The van der Waals surface area contributed by atoms with Gasteiger partial charge in [-0.1, -0.05) is 12.1 Å². The first-order valence-electron chi connectivity index (χ1n) is 3.63. The van der Waals surface area contributed by atoms with Gasteiger partial charge in [-0.2, -0.15) is 0 Å². The molecule has 0 heterocycles. The first kappa shape index (κ1) is 8.54. The van der Waals surface area contributed by atoms with Gasteiger partial charge in [-0.15, -0.1) is 11.6 Å². The number of alkyl halides is 1. The van der Waals surface area contributed by atoms with Crippen LogP contribution >= 0.6 is 11.6 Å². The zero-order chi connectivity index (χ0) is 8.10. The zero-order valence-electron chi connectivity index (χ0n) is 6.19. The quantitative estimate of drug-likeness (QED) is 0.615. The maximum atomic E-state index is 12.4. The van der Waals surface area contributed by atoms with Crippen LogP contribution in [-0.4, -0.2) is 5.88 Å². The zero-order valence-corrected chi connectivity index (χ0v) is 6.94. The average Bonchev–Trinajstić information content (AvgIpc) is 2.04.